The zero-order chi connectivity index (χ0) is 26.9. The van der Waals surface area contributed by atoms with Crippen molar-refractivity contribution < 1.29 is 14.3 Å². The number of hydrogen-bond acceptors (Lipinski definition) is 5. The van der Waals surface area contributed by atoms with Crippen LogP contribution in [0.15, 0.2) is 78.9 Å². The van der Waals surface area contributed by atoms with E-state index in [-0.39, 0.29) is 35.4 Å². The number of benzene rings is 3. The Hall–Kier alpha value is -3.75. The minimum Gasteiger partial charge on any atom is -0.497 e. The summed E-state index contributed by atoms with van der Waals surface area (Å²) < 4.78 is 7.14. The van der Waals surface area contributed by atoms with E-state index >= 15 is 0 Å². The Morgan fingerprint density at radius 3 is 2.46 bits per heavy atom. The Morgan fingerprint density at radius 1 is 1.05 bits per heavy atom. The Kier molecular flexibility index (Phi) is 7.06. The molecule has 1 aromatic heterocycles. The normalized spacial score (nSPS) is 16.9. The largest absolute Gasteiger partial charge is 0.497 e. The molecule has 1 unspecified atom stereocenters. The van der Waals surface area contributed by atoms with E-state index in [1.54, 1.807) is 16.7 Å². The Labute approximate surface area is 236 Å². The van der Waals surface area contributed by atoms with Crippen LogP contribution in [0.2, 0.25) is 5.02 Å². The van der Waals surface area contributed by atoms with Crippen LogP contribution in [0.4, 0.5) is 5.82 Å². The van der Waals surface area contributed by atoms with Crippen molar-refractivity contribution in [3.8, 4) is 22.7 Å². The minimum atomic E-state index is -0.281. The highest BCUT2D eigenvalue weighted by Gasteiger charge is 2.38. The monoisotopic (exact) mass is 558 g/mol. The molecule has 1 N–H and O–H groups in total. The lowest BCUT2D eigenvalue weighted by Gasteiger charge is -2.23. The van der Waals surface area contributed by atoms with E-state index in [4.69, 9.17) is 21.4 Å². The van der Waals surface area contributed by atoms with Gasteiger partial charge < -0.3 is 10.1 Å². The molecular weight excluding hydrogens is 532 g/mol. The van der Waals surface area contributed by atoms with Gasteiger partial charge in [0.15, 0.2) is 0 Å². The van der Waals surface area contributed by atoms with Gasteiger partial charge >= 0.3 is 0 Å². The summed E-state index contributed by atoms with van der Waals surface area (Å²) in [5.74, 6) is 1.14. The molecule has 0 bridgehead atoms. The molecule has 9 heteroatoms. The maximum Gasteiger partial charge on any atom is 0.240 e. The molecule has 1 fully saturated rings. The second kappa shape index (κ2) is 10.8. The van der Waals surface area contributed by atoms with Crippen molar-refractivity contribution in [2.75, 3.05) is 24.3 Å². The highest BCUT2D eigenvalue weighted by atomic mass is 35.5. The Balaban J connectivity index is 1.60. The number of thioether (sulfide) groups is 1. The SMILES string of the molecule is COc1ccc(-n2nc(-c3ccccc3)c3c2N(CC(=O)NC2CC2)C(=O)CSC3c2ccccc2Cl)cc1. The van der Waals surface area contributed by atoms with E-state index in [0.717, 1.165) is 40.9 Å². The summed E-state index contributed by atoms with van der Waals surface area (Å²) in [5.41, 5.74) is 4.14. The smallest absolute Gasteiger partial charge is 0.240 e. The predicted molar refractivity (Wildman–Crippen MR) is 155 cm³/mol. The molecule has 1 atom stereocenters. The number of methoxy groups -OCH3 is 1. The van der Waals surface area contributed by atoms with E-state index in [1.807, 2.05) is 78.9 Å². The number of nitrogens with zero attached hydrogens (tertiary/aromatic N) is 3. The van der Waals surface area contributed by atoms with Gasteiger partial charge in [0.2, 0.25) is 11.8 Å². The number of rotatable bonds is 7. The number of anilines is 1. The molecular formula is C30H27ClN4O3S. The zero-order valence-corrected chi connectivity index (χ0v) is 22.9. The van der Waals surface area contributed by atoms with Crippen LogP contribution in [-0.4, -0.2) is 47.0 Å². The lowest BCUT2D eigenvalue weighted by atomic mass is 9.99. The van der Waals surface area contributed by atoms with Crippen LogP contribution < -0.4 is 15.0 Å². The molecule has 2 heterocycles. The van der Waals surface area contributed by atoms with Gasteiger partial charge in [-0.05, 0) is 48.7 Å². The van der Waals surface area contributed by atoms with Crippen LogP contribution in [0, 0.1) is 0 Å². The van der Waals surface area contributed by atoms with Crippen molar-refractivity contribution in [1.82, 2.24) is 15.1 Å². The Bertz CT molecular complexity index is 1520. The van der Waals surface area contributed by atoms with Crippen molar-refractivity contribution >= 4 is 41.0 Å². The molecule has 1 aliphatic heterocycles. The molecule has 198 valence electrons. The van der Waals surface area contributed by atoms with Gasteiger partial charge in [-0.2, -0.15) is 5.10 Å². The number of carbonyl (C=O) groups excluding carboxylic acids is 2. The van der Waals surface area contributed by atoms with E-state index in [1.165, 1.54) is 11.8 Å². The first-order valence-corrected chi connectivity index (χ1v) is 14.2. The standard InChI is InChI=1S/C30H27ClN4O3S/c1-38-22-15-13-21(14-16-22)35-30-27(28(33-35)19-7-3-2-4-8-19)29(23-9-5-6-10-24(23)31)39-18-26(37)34(30)17-25(36)32-20-11-12-20/h2-10,13-16,20,29H,11-12,17-18H2,1H3,(H,32,36). The molecule has 0 radical (unpaired) electrons. The highest BCUT2D eigenvalue weighted by molar-refractivity contribution is 8.00. The lowest BCUT2D eigenvalue weighted by Crippen LogP contribution is -2.43. The second-order valence-electron chi connectivity index (χ2n) is 9.60. The molecule has 39 heavy (non-hydrogen) atoms. The first-order chi connectivity index (χ1) is 19.0. The predicted octanol–water partition coefficient (Wildman–Crippen LogP) is 5.65. The van der Waals surface area contributed by atoms with Gasteiger partial charge in [0.1, 0.15) is 18.1 Å². The average molecular weight is 559 g/mol. The summed E-state index contributed by atoms with van der Waals surface area (Å²) in [4.78, 5) is 28.4. The molecule has 2 aliphatic rings. The van der Waals surface area contributed by atoms with Crippen LogP contribution >= 0.6 is 23.4 Å². The number of aromatic nitrogens is 2. The topological polar surface area (TPSA) is 76.5 Å². The van der Waals surface area contributed by atoms with Gasteiger partial charge in [0.25, 0.3) is 0 Å². The van der Waals surface area contributed by atoms with Gasteiger partial charge in [-0.15, -0.1) is 11.8 Å². The molecule has 4 aromatic rings. The van der Waals surface area contributed by atoms with E-state index in [9.17, 15) is 9.59 Å². The van der Waals surface area contributed by atoms with Crippen molar-refractivity contribution in [2.24, 2.45) is 0 Å². The number of halogens is 1. The molecule has 1 aliphatic carbocycles. The van der Waals surface area contributed by atoms with Crippen molar-refractivity contribution in [1.29, 1.82) is 0 Å². The third kappa shape index (κ3) is 5.14. The van der Waals surface area contributed by atoms with Gasteiger partial charge in [0.05, 0.1) is 29.5 Å². The fraction of sp³-hybridized carbons (Fsp3) is 0.233. The Morgan fingerprint density at radius 2 is 1.77 bits per heavy atom. The number of nitrogens with one attached hydrogen (secondary N) is 1. The number of fused-ring (bicyclic) bond motifs is 1. The summed E-state index contributed by atoms with van der Waals surface area (Å²) in [6, 6.07) is 25.3. The van der Waals surface area contributed by atoms with Crippen molar-refractivity contribution in [2.45, 2.75) is 24.1 Å². The zero-order valence-electron chi connectivity index (χ0n) is 21.3. The third-order valence-electron chi connectivity index (χ3n) is 6.89. The van der Waals surface area contributed by atoms with Gasteiger partial charge in [0, 0.05) is 22.2 Å². The first-order valence-electron chi connectivity index (χ1n) is 12.8. The number of carbonyl (C=O) groups is 2. The molecule has 7 nitrogen and oxygen atoms in total. The van der Waals surface area contributed by atoms with E-state index in [0.29, 0.717) is 16.6 Å². The fourth-order valence-electron chi connectivity index (χ4n) is 4.81. The van der Waals surface area contributed by atoms with Crippen molar-refractivity contribution in [3.63, 3.8) is 0 Å². The van der Waals surface area contributed by atoms with Crippen LogP contribution in [0.25, 0.3) is 16.9 Å². The van der Waals surface area contributed by atoms with Gasteiger partial charge in [-0.3, -0.25) is 14.5 Å². The third-order valence-corrected chi connectivity index (χ3v) is 8.47. The summed E-state index contributed by atoms with van der Waals surface area (Å²) in [6.45, 7) is -0.0891. The molecule has 1 saturated carbocycles. The van der Waals surface area contributed by atoms with Gasteiger partial charge in [-0.25, -0.2) is 4.68 Å². The van der Waals surface area contributed by atoms with Crippen LogP contribution in [0.3, 0.4) is 0 Å². The van der Waals surface area contributed by atoms with Crippen LogP contribution in [0.5, 0.6) is 5.75 Å². The number of amides is 2. The molecule has 0 spiro atoms. The van der Waals surface area contributed by atoms with Gasteiger partial charge in [-0.1, -0.05) is 60.1 Å². The minimum absolute atomic E-state index is 0.0891. The summed E-state index contributed by atoms with van der Waals surface area (Å²) >= 11 is 8.24. The summed E-state index contributed by atoms with van der Waals surface area (Å²) in [7, 11) is 1.62. The second-order valence-corrected chi connectivity index (χ2v) is 11.1. The average Bonchev–Trinajstić information content (AvgIpc) is 3.71. The van der Waals surface area contributed by atoms with Crippen molar-refractivity contribution in [3.05, 3.63) is 95.0 Å². The van der Waals surface area contributed by atoms with Crippen LogP contribution in [0.1, 0.15) is 29.2 Å². The number of ether oxygens (including phenoxy) is 1. The lowest BCUT2D eigenvalue weighted by molar-refractivity contribution is -0.123. The van der Waals surface area contributed by atoms with Crippen LogP contribution in [-0.2, 0) is 9.59 Å². The quantitative estimate of drug-likeness (QED) is 0.317. The summed E-state index contributed by atoms with van der Waals surface area (Å²) in [5, 5.41) is 8.46. The molecule has 2 amide bonds. The molecule has 0 saturated heterocycles. The highest BCUT2D eigenvalue weighted by Crippen LogP contribution is 2.49. The maximum absolute atomic E-state index is 13.7. The molecule has 3 aromatic carbocycles. The van der Waals surface area contributed by atoms with E-state index in [2.05, 4.69) is 5.32 Å². The van der Waals surface area contributed by atoms with E-state index < -0.39 is 0 Å². The number of hydrogen-bond donors (Lipinski definition) is 1. The summed E-state index contributed by atoms with van der Waals surface area (Å²) in [6.07, 6.45) is 1.94. The maximum atomic E-state index is 13.7. The molecule has 6 rings (SSSR count). The fourth-order valence-corrected chi connectivity index (χ4v) is 6.35. The first kappa shape index (κ1) is 25.5.